The molecule has 3 heteroatoms. The Morgan fingerprint density at radius 2 is 1.80 bits per heavy atom. The van der Waals surface area contributed by atoms with Crippen molar-refractivity contribution in [2.75, 3.05) is 0 Å². The van der Waals surface area contributed by atoms with Crippen LogP contribution >= 0.6 is 24.8 Å². The van der Waals surface area contributed by atoms with Gasteiger partial charge in [-0.15, -0.1) is 38.2 Å². The first kappa shape index (κ1) is 17.1. The molecule has 0 heterocycles. The van der Waals surface area contributed by atoms with Crippen molar-refractivity contribution in [1.82, 2.24) is 0 Å². The minimum absolute atomic E-state index is 0. The van der Waals surface area contributed by atoms with Crippen LogP contribution in [0.2, 0.25) is 0 Å². The minimum atomic E-state index is 0. The van der Waals surface area contributed by atoms with Crippen LogP contribution in [0.5, 0.6) is 0 Å². The third-order valence-corrected chi connectivity index (χ3v) is 1.37. The molecule has 0 saturated carbocycles. The monoisotopic (exact) mass is 255 g/mol. The van der Waals surface area contributed by atoms with E-state index in [1.807, 2.05) is 0 Å². The molecule has 0 aromatic carbocycles. The van der Waals surface area contributed by atoms with E-state index in [2.05, 4.69) is 26.0 Å². The number of rotatable bonds is 0. The van der Waals surface area contributed by atoms with Gasteiger partial charge in [0.15, 0.2) is 0 Å². The quantitative estimate of drug-likeness (QED) is 0.585. The molecule has 58 valence electrons. The Bertz CT molecular complexity index is 123. The molecule has 1 rings (SSSR count). The van der Waals surface area contributed by atoms with E-state index >= 15 is 0 Å². The van der Waals surface area contributed by atoms with Gasteiger partial charge in [0.1, 0.15) is 0 Å². The number of hydrogen-bond donors (Lipinski definition) is 0. The van der Waals surface area contributed by atoms with Gasteiger partial charge in [0.25, 0.3) is 0 Å². The van der Waals surface area contributed by atoms with E-state index in [4.69, 9.17) is 0 Å². The molecule has 0 aromatic heterocycles. The summed E-state index contributed by atoms with van der Waals surface area (Å²) in [5, 5.41) is 0. The fourth-order valence-corrected chi connectivity index (χ4v) is 0.650. The van der Waals surface area contributed by atoms with E-state index in [0.717, 1.165) is 6.42 Å². The van der Waals surface area contributed by atoms with Crippen LogP contribution < -0.4 is 0 Å². The van der Waals surface area contributed by atoms with Crippen LogP contribution in [0, 0.1) is 6.08 Å². The summed E-state index contributed by atoms with van der Waals surface area (Å²) in [6.07, 6.45) is 6.41. The number of hydrogen-bond acceptors (Lipinski definition) is 0. The molecular formula is C7H11Cl2Zr-. The predicted octanol–water partition coefficient (Wildman–Crippen LogP) is 2.93. The van der Waals surface area contributed by atoms with E-state index < -0.39 is 0 Å². The Labute approximate surface area is 94.1 Å². The molecule has 0 nitrogen and oxygen atoms in total. The van der Waals surface area contributed by atoms with Crippen molar-refractivity contribution in [1.29, 1.82) is 0 Å². The smallest absolute Gasteiger partial charge is 0 e. The predicted molar refractivity (Wildman–Crippen MR) is 45.3 cm³/mol. The molecule has 0 atom stereocenters. The van der Waals surface area contributed by atoms with Gasteiger partial charge in [0, 0.05) is 26.2 Å². The molecule has 0 spiro atoms. The zero-order chi connectivity index (χ0) is 5.28. The molecule has 0 unspecified atom stereocenters. The Balaban J connectivity index is -0.000000163. The van der Waals surface area contributed by atoms with Crippen molar-refractivity contribution >= 4 is 24.8 Å². The van der Waals surface area contributed by atoms with Gasteiger partial charge >= 0.3 is 0 Å². The number of allylic oxidation sites excluding steroid dienone is 4. The second-order valence-electron chi connectivity index (χ2n) is 1.89. The van der Waals surface area contributed by atoms with Crippen molar-refractivity contribution in [3.05, 3.63) is 23.3 Å². The van der Waals surface area contributed by atoms with E-state index in [9.17, 15) is 0 Å². The van der Waals surface area contributed by atoms with Crippen LogP contribution in [-0.2, 0) is 26.2 Å². The molecule has 0 fully saturated rings. The first-order valence-corrected chi connectivity index (χ1v) is 2.55. The van der Waals surface area contributed by atoms with Gasteiger partial charge in [-0.2, -0.15) is 6.08 Å². The summed E-state index contributed by atoms with van der Waals surface area (Å²) in [5.41, 5.74) is 2.71. The van der Waals surface area contributed by atoms with E-state index in [1.165, 1.54) is 11.1 Å². The van der Waals surface area contributed by atoms with Crippen molar-refractivity contribution in [2.24, 2.45) is 0 Å². The molecule has 0 N–H and O–H groups in total. The van der Waals surface area contributed by atoms with Crippen molar-refractivity contribution in [2.45, 2.75) is 20.3 Å². The average Bonchev–Trinajstić information content (AvgIpc) is 1.91. The van der Waals surface area contributed by atoms with Gasteiger partial charge in [-0.05, 0) is 0 Å². The van der Waals surface area contributed by atoms with Gasteiger partial charge in [-0.25, -0.2) is 11.1 Å². The van der Waals surface area contributed by atoms with Crippen LogP contribution in [0.25, 0.3) is 0 Å². The Kier molecular flexibility index (Phi) is 13.8. The summed E-state index contributed by atoms with van der Waals surface area (Å²) in [7, 11) is 0. The van der Waals surface area contributed by atoms with E-state index in [-0.39, 0.29) is 51.0 Å². The Morgan fingerprint density at radius 1 is 1.30 bits per heavy atom. The van der Waals surface area contributed by atoms with Gasteiger partial charge in [-0.1, -0.05) is 6.92 Å². The van der Waals surface area contributed by atoms with Crippen LogP contribution in [0.3, 0.4) is 0 Å². The summed E-state index contributed by atoms with van der Waals surface area (Å²) in [6, 6.07) is 0. The first-order chi connectivity index (χ1) is 3.30. The summed E-state index contributed by atoms with van der Waals surface area (Å²) in [4.78, 5) is 0. The van der Waals surface area contributed by atoms with Crippen LogP contribution in [0.1, 0.15) is 20.3 Å². The maximum atomic E-state index is 3.19. The van der Waals surface area contributed by atoms with Crippen molar-refractivity contribution in [3.63, 3.8) is 0 Å². The Morgan fingerprint density at radius 3 is 1.90 bits per heavy atom. The standard InChI is InChI=1S/C7H9.2ClH.Zr/c1-6-4-3-5-7(6)2;;;/h4H,3H2,1-2H3;2*1H;/q-1;;;. The van der Waals surface area contributed by atoms with Crippen molar-refractivity contribution in [3.8, 4) is 0 Å². The topological polar surface area (TPSA) is 0 Å². The van der Waals surface area contributed by atoms with E-state index in [0.29, 0.717) is 0 Å². The van der Waals surface area contributed by atoms with Crippen LogP contribution in [0.4, 0.5) is 0 Å². The molecule has 0 bridgehead atoms. The second-order valence-corrected chi connectivity index (χ2v) is 1.89. The Hall–Kier alpha value is 0.943. The van der Waals surface area contributed by atoms with Gasteiger partial charge in [0.2, 0.25) is 0 Å². The zero-order valence-corrected chi connectivity index (χ0v) is 10.2. The van der Waals surface area contributed by atoms with Crippen LogP contribution in [0.15, 0.2) is 17.2 Å². The summed E-state index contributed by atoms with van der Waals surface area (Å²) < 4.78 is 0. The third-order valence-electron chi connectivity index (χ3n) is 1.37. The van der Waals surface area contributed by atoms with Crippen LogP contribution in [-0.4, -0.2) is 0 Å². The number of halogens is 2. The molecule has 0 amide bonds. The molecule has 1 aliphatic rings. The average molecular weight is 257 g/mol. The maximum absolute atomic E-state index is 3.19. The molecular weight excluding hydrogens is 246 g/mol. The zero-order valence-electron chi connectivity index (χ0n) is 6.10. The summed E-state index contributed by atoms with van der Waals surface area (Å²) >= 11 is 0. The fraction of sp³-hybridized carbons (Fsp3) is 0.429. The molecule has 1 aliphatic carbocycles. The van der Waals surface area contributed by atoms with Gasteiger partial charge in [0.05, 0.1) is 0 Å². The second kappa shape index (κ2) is 8.04. The third kappa shape index (κ3) is 4.71. The van der Waals surface area contributed by atoms with Gasteiger partial charge in [-0.3, -0.25) is 6.08 Å². The minimum Gasteiger partial charge on any atom is -0.270 e. The molecule has 10 heavy (non-hydrogen) atoms. The molecule has 0 aromatic rings. The van der Waals surface area contributed by atoms with Gasteiger partial charge < -0.3 is 0 Å². The molecule has 0 aliphatic heterocycles. The maximum Gasteiger partial charge on any atom is 0 e. The SMILES string of the molecule is CC1=[C-]CC=C1C.Cl.Cl.[Zr]. The van der Waals surface area contributed by atoms with E-state index in [1.54, 1.807) is 0 Å². The summed E-state index contributed by atoms with van der Waals surface area (Å²) in [6.45, 7) is 4.22. The molecule has 0 saturated heterocycles. The first-order valence-electron chi connectivity index (χ1n) is 2.55. The normalized spacial score (nSPS) is 13.4. The fourth-order valence-electron chi connectivity index (χ4n) is 0.650. The molecule has 0 radical (unpaired) electrons. The largest absolute Gasteiger partial charge is 0.270 e. The summed E-state index contributed by atoms with van der Waals surface area (Å²) in [5.74, 6) is 0. The van der Waals surface area contributed by atoms with Crippen molar-refractivity contribution < 1.29 is 26.2 Å².